The van der Waals surface area contributed by atoms with Gasteiger partial charge in [-0.2, -0.15) is 8.62 Å². The Hall–Kier alpha value is -1.26. The number of nitrogens with zero attached hydrogens (tertiary/aromatic N) is 1. The van der Waals surface area contributed by atoms with Crippen molar-refractivity contribution in [1.82, 2.24) is 9.55 Å². The van der Waals surface area contributed by atoms with Gasteiger partial charge in [-0.05, 0) is 19.3 Å². The quantitative estimate of drug-likeness (QED) is 0.0493. The first kappa shape index (κ1) is 38.2. The molecule has 0 amide bonds. The molecule has 1 aliphatic carbocycles. The number of carbonyl (C=O) groups excluding carboxylic acids is 1. The number of esters is 1. The van der Waals surface area contributed by atoms with E-state index < -0.39 is 65.7 Å². The van der Waals surface area contributed by atoms with Gasteiger partial charge in [0.05, 0.1) is 12.7 Å². The predicted octanol–water partition coefficient (Wildman–Crippen LogP) is 1.92. The van der Waals surface area contributed by atoms with Gasteiger partial charge in [-0.1, -0.05) is 52.7 Å². The fraction of sp³-hybridized carbons (Fsp3) is 0.682. The number of ether oxygens (including phenoxy) is 2. The van der Waals surface area contributed by atoms with Crippen LogP contribution in [-0.4, -0.2) is 76.6 Å². The van der Waals surface area contributed by atoms with Crippen LogP contribution in [0.4, 0.5) is 0 Å². The maximum Gasteiger partial charge on any atom is 0.490 e. The Bertz CT molecular complexity index is 1500. The topological polar surface area (TPSA) is 270 Å². The highest BCUT2D eigenvalue weighted by molar-refractivity contribution is 8.76. The Labute approximate surface area is 264 Å². The lowest BCUT2D eigenvalue weighted by atomic mass is 10.0. The standard InChI is InChI=1S/C22H33N2O16P3S2/c25-17-12-19(38-18(17)14-37-42(32,33)40-43(34,35)39-41(29,30)31)24-13-15(21(27)23-22(24)28)6-4-10-36-20(26)9-5-11-44-45-16-7-2-1-3-8-16/h13,16-19,25H,1-3,5,7-12,14H2,(H,32,33)(H,34,35)(H,23,27,28)(H2,29,30,31). The third-order valence-corrected chi connectivity index (χ3v) is 13.1. The smallest absolute Gasteiger partial charge is 0.452 e. The van der Waals surface area contributed by atoms with Crippen LogP contribution in [0.15, 0.2) is 15.8 Å². The summed E-state index contributed by atoms with van der Waals surface area (Å²) in [6, 6.07) is 0. The summed E-state index contributed by atoms with van der Waals surface area (Å²) >= 11 is 0. The molecule has 1 saturated heterocycles. The number of phosphoric ester groups is 1. The van der Waals surface area contributed by atoms with Crippen LogP contribution in [0, 0.1) is 11.8 Å². The summed E-state index contributed by atoms with van der Waals surface area (Å²) in [5.74, 6) is 5.38. The Morgan fingerprint density at radius 2 is 1.80 bits per heavy atom. The van der Waals surface area contributed by atoms with Gasteiger partial charge >= 0.3 is 35.1 Å². The molecule has 1 aliphatic heterocycles. The summed E-state index contributed by atoms with van der Waals surface area (Å²) in [6.07, 6.45) is 3.87. The van der Waals surface area contributed by atoms with E-state index in [-0.39, 0.29) is 25.0 Å². The summed E-state index contributed by atoms with van der Waals surface area (Å²) in [7, 11) is -13.2. The van der Waals surface area contributed by atoms with Crippen LogP contribution in [0.3, 0.4) is 0 Å². The van der Waals surface area contributed by atoms with Gasteiger partial charge in [0, 0.05) is 30.0 Å². The van der Waals surface area contributed by atoms with Crippen molar-refractivity contribution in [2.24, 2.45) is 0 Å². The largest absolute Gasteiger partial charge is 0.490 e. The molecule has 3 rings (SSSR count). The highest BCUT2D eigenvalue weighted by atomic mass is 33.1. The van der Waals surface area contributed by atoms with E-state index in [1.807, 2.05) is 15.8 Å². The number of hydrogen-bond acceptors (Lipinski definition) is 14. The lowest BCUT2D eigenvalue weighted by Gasteiger charge is -2.19. The third kappa shape index (κ3) is 13.8. The van der Waals surface area contributed by atoms with E-state index in [9.17, 15) is 43.0 Å². The summed E-state index contributed by atoms with van der Waals surface area (Å²) in [6.45, 7) is -1.25. The number of aromatic amines is 1. The number of aliphatic hydroxyl groups excluding tert-OH is 1. The molecule has 254 valence electrons. The SMILES string of the molecule is O=C(CCCSSC1CCCCC1)OCC#Cc1cn(C2CC(O)C(COP(=O)(O)OP(=O)(O)OP(=O)(O)O)O2)c(=O)[nH]c1=O. The maximum atomic E-state index is 12.4. The van der Waals surface area contributed by atoms with Crippen LogP contribution < -0.4 is 11.2 Å². The minimum atomic E-state index is -5.74. The molecule has 0 spiro atoms. The maximum absolute atomic E-state index is 12.4. The van der Waals surface area contributed by atoms with Crippen LogP contribution in [0.2, 0.25) is 0 Å². The lowest BCUT2D eigenvalue weighted by Crippen LogP contribution is -2.33. The molecule has 0 aromatic carbocycles. The Morgan fingerprint density at radius 1 is 1.09 bits per heavy atom. The molecular formula is C22H33N2O16P3S2. The number of rotatable bonds is 15. The number of aliphatic hydroxyl groups is 1. The van der Waals surface area contributed by atoms with Crippen molar-refractivity contribution in [1.29, 1.82) is 0 Å². The fourth-order valence-electron chi connectivity index (χ4n) is 4.20. The number of H-pyrrole nitrogens is 1. The summed E-state index contributed by atoms with van der Waals surface area (Å²) in [5, 5.41) is 11.0. The Morgan fingerprint density at radius 3 is 2.49 bits per heavy atom. The molecule has 45 heavy (non-hydrogen) atoms. The zero-order valence-corrected chi connectivity index (χ0v) is 27.8. The summed E-state index contributed by atoms with van der Waals surface area (Å²) < 4.78 is 57.2. The highest BCUT2D eigenvalue weighted by Crippen LogP contribution is 2.66. The van der Waals surface area contributed by atoms with Gasteiger partial charge in [0.15, 0.2) is 6.61 Å². The van der Waals surface area contributed by atoms with Gasteiger partial charge in [0.2, 0.25) is 0 Å². The normalized spacial score (nSPS) is 23.4. The van der Waals surface area contributed by atoms with Gasteiger partial charge in [0.25, 0.3) is 5.56 Å². The summed E-state index contributed by atoms with van der Waals surface area (Å²) in [5.41, 5.74) is -1.98. The van der Waals surface area contributed by atoms with Crippen LogP contribution in [0.25, 0.3) is 0 Å². The molecule has 23 heteroatoms. The van der Waals surface area contributed by atoms with Crippen LogP contribution in [-0.2, 0) is 41.1 Å². The minimum Gasteiger partial charge on any atom is -0.452 e. The first-order valence-electron chi connectivity index (χ1n) is 13.4. The van der Waals surface area contributed by atoms with Gasteiger partial charge < -0.3 is 34.2 Å². The highest BCUT2D eigenvalue weighted by Gasteiger charge is 2.43. The predicted molar refractivity (Wildman–Crippen MR) is 160 cm³/mol. The van der Waals surface area contributed by atoms with Crippen molar-refractivity contribution in [3.8, 4) is 11.8 Å². The number of carbonyl (C=O) groups is 1. The molecule has 5 unspecified atom stereocenters. The van der Waals surface area contributed by atoms with Gasteiger partial charge in [-0.25, -0.2) is 18.5 Å². The molecule has 0 radical (unpaired) electrons. The average molecular weight is 739 g/mol. The number of nitrogens with one attached hydrogen (secondary N) is 1. The molecule has 18 nitrogen and oxygen atoms in total. The van der Waals surface area contributed by atoms with Gasteiger partial charge in [-0.3, -0.25) is 23.7 Å². The second-order valence-electron chi connectivity index (χ2n) is 9.77. The van der Waals surface area contributed by atoms with Crippen molar-refractivity contribution in [2.75, 3.05) is 19.0 Å². The van der Waals surface area contributed by atoms with E-state index >= 15 is 0 Å². The summed E-state index contributed by atoms with van der Waals surface area (Å²) in [4.78, 5) is 74.6. The Balaban J connectivity index is 1.48. The fourth-order valence-corrected chi connectivity index (χ4v) is 10.1. The molecule has 1 aromatic heterocycles. The first-order valence-corrected chi connectivity index (χ1v) is 20.3. The molecule has 2 aliphatic rings. The van der Waals surface area contributed by atoms with E-state index in [1.54, 1.807) is 10.8 Å². The van der Waals surface area contributed by atoms with Gasteiger partial charge in [0.1, 0.15) is 17.9 Å². The zero-order chi connectivity index (χ0) is 33.3. The molecule has 1 saturated carbocycles. The average Bonchev–Trinajstić information content (AvgIpc) is 3.29. The molecule has 0 bridgehead atoms. The lowest BCUT2D eigenvalue weighted by molar-refractivity contribution is -0.142. The van der Waals surface area contributed by atoms with Crippen LogP contribution in [0.1, 0.15) is 63.2 Å². The second kappa shape index (κ2) is 17.2. The van der Waals surface area contributed by atoms with Crippen molar-refractivity contribution in [3.63, 3.8) is 0 Å². The van der Waals surface area contributed by atoms with Crippen LogP contribution >= 0.6 is 45.1 Å². The van der Waals surface area contributed by atoms with Crippen molar-refractivity contribution in [2.45, 2.75) is 75.1 Å². The monoisotopic (exact) mass is 738 g/mol. The molecule has 2 heterocycles. The number of hydrogen-bond donors (Lipinski definition) is 6. The van der Waals surface area contributed by atoms with Crippen LogP contribution in [0.5, 0.6) is 0 Å². The van der Waals surface area contributed by atoms with Gasteiger partial charge in [-0.15, -0.1) is 0 Å². The van der Waals surface area contributed by atoms with E-state index in [4.69, 9.17) is 19.3 Å². The zero-order valence-electron chi connectivity index (χ0n) is 23.5. The number of aromatic nitrogens is 2. The first-order chi connectivity index (χ1) is 21.0. The molecular weight excluding hydrogens is 705 g/mol. The van der Waals surface area contributed by atoms with E-state index in [1.165, 1.54) is 32.1 Å². The molecule has 2 fully saturated rings. The molecule has 1 aromatic rings. The third-order valence-electron chi connectivity index (χ3n) is 6.19. The van der Waals surface area contributed by atoms with E-state index in [0.29, 0.717) is 11.7 Å². The minimum absolute atomic E-state index is 0.198. The van der Waals surface area contributed by atoms with E-state index in [2.05, 4.69) is 25.0 Å². The molecule has 6 N–H and O–H groups in total. The molecule has 5 atom stereocenters. The van der Waals surface area contributed by atoms with Crippen molar-refractivity contribution in [3.05, 3.63) is 32.6 Å². The Kier molecular flexibility index (Phi) is 14.6. The van der Waals surface area contributed by atoms with Crippen molar-refractivity contribution >= 4 is 51.0 Å². The van der Waals surface area contributed by atoms with Crippen molar-refractivity contribution < 1.29 is 65.8 Å². The van der Waals surface area contributed by atoms with E-state index in [0.717, 1.165) is 16.5 Å². The number of phosphoric acid groups is 3. The second-order valence-corrected chi connectivity index (χ2v) is 17.0.